The van der Waals surface area contributed by atoms with E-state index in [1.807, 2.05) is 12.1 Å². The first kappa shape index (κ1) is 21.9. The van der Waals surface area contributed by atoms with Crippen LogP contribution in [0.4, 0.5) is 10.6 Å². The van der Waals surface area contributed by atoms with E-state index in [0.29, 0.717) is 24.0 Å². The van der Waals surface area contributed by atoms with E-state index in [0.717, 1.165) is 42.7 Å². The quantitative estimate of drug-likeness (QED) is 0.767. The van der Waals surface area contributed by atoms with Gasteiger partial charge in [0.05, 0.1) is 26.3 Å². The number of carbonyl (C=O) groups excluding carboxylic acids is 1. The van der Waals surface area contributed by atoms with Gasteiger partial charge in [-0.3, -0.25) is 0 Å². The maximum absolute atomic E-state index is 11.1. The molecule has 1 atom stereocenters. The second-order valence-corrected chi connectivity index (χ2v) is 8.85. The van der Waals surface area contributed by atoms with Gasteiger partial charge in [-0.1, -0.05) is 20.8 Å². The Hall–Kier alpha value is -2.77. The number of fused-ring (bicyclic) bond motifs is 1. The third-order valence-corrected chi connectivity index (χ3v) is 6.05. The number of amides is 1. The molecule has 30 heavy (non-hydrogen) atoms. The highest BCUT2D eigenvalue weighted by Gasteiger charge is 2.35. The van der Waals surface area contributed by atoms with Gasteiger partial charge in [0.2, 0.25) is 0 Å². The number of aromatic nitrogens is 2. The molecule has 1 aliphatic rings. The van der Waals surface area contributed by atoms with E-state index in [1.54, 1.807) is 20.5 Å². The monoisotopic (exact) mass is 416 g/mol. The molecule has 1 fully saturated rings. The summed E-state index contributed by atoms with van der Waals surface area (Å²) in [7, 11) is 3.24. The van der Waals surface area contributed by atoms with Crippen molar-refractivity contribution in [3.8, 4) is 11.5 Å². The Balaban J connectivity index is 1.80. The highest BCUT2D eigenvalue weighted by Crippen LogP contribution is 2.40. The lowest BCUT2D eigenvalue weighted by atomic mass is 9.70. The lowest BCUT2D eigenvalue weighted by Gasteiger charge is -2.41. The molecule has 2 aromatic rings. The molecule has 0 bridgehead atoms. The molecule has 1 aromatic carbocycles. The number of primary amides is 1. The molecular weight excluding hydrogens is 384 g/mol. The number of benzene rings is 1. The molecule has 164 valence electrons. The summed E-state index contributed by atoms with van der Waals surface area (Å²) in [6.45, 7) is 8.66. The van der Waals surface area contributed by atoms with Crippen LogP contribution >= 0.6 is 0 Å². The topological polar surface area (TPSA) is 99.8 Å². The molecule has 8 heteroatoms. The second kappa shape index (κ2) is 8.93. The molecule has 1 saturated heterocycles. The Morgan fingerprint density at radius 1 is 1.17 bits per heavy atom. The van der Waals surface area contributed by atoms with Crippen molar-refractivity contribution in [1.82, 2.24) is 9.97 Å². The van der Waals surface area contributed by atoms with Gasteiger partial charge in [-0.05, 0) is 30.2 Å². The van der Waals surface area contributed by atoms with Crippen molar-refractivity contribution in [1.29, 1.82) is 0 Å². The van der Waals surface area contributed by atoms with Gasteiger partial charge in [0, 0.05) is 30.5 Å². The van der Waals surface area contributed by atoms with Crippen molar-refractivity contribution in [3.05, 3.63) is 18.5 Å². The first-order valence-electron chi connectivity index (χ1n) is 10.3. The largest absolute Gasteiger partial charge is 0.493 e. The van der Waals surface area contributed by atoms with Crippen molar-refractivity contribution in [2.24, 2.45) is 23.0 Å². The van der Waals surface area contributed by atoms with Crippen LogP contribution < -0.4 is 20.1 Å². The highest BCUT2D eigenvalue weighted by atomic mass is 16.5. The van der Waals surface area contributed by atoms with Crippen LogP contribution in [0.5, 0.6) is 11.5 Å². The van der Waals surface area contributed by atoms with E-state index in [4.69, 9.17) is 19.9 Å². The van der Waals surface area contributed by atoms with Crippen LogP contribution in [0.3, 0.4) is 0 Å². The lowest BCUT2D eigenvalue weighted by molar-refractivity contribution is 0.0514. The van der Waals surface area contributed by atoms with E-state index in [9.17, 15) is 4.79 Å². The average Bonchev–Trinajstić information content (AvgIpc) is 2.71. The number of rotatable bonds is 6. The maximum Gasteiger partial charge on any atom is 0.404 e. The minimum atomic E-state index is -0.710. The fourth-order valence-corrected chi connectivity index (χ4v) is 4.40. The molecule has 1 unspecified atom stereocenters. The molecule has 2 heterocycles. The Bertz CT molecular complexity index is 889. The SMILES string of the molecule is COc1cc2ncnc(N3CCC(C(COC(N)=O)C(C)(C)C)CC3)c2cc1OC. The summed E-state index contributed by atoms with van der Waals surface area (Å²) in [5.74, 6) is 2.91. The zero-order chi connectivity index (χ0) is 21.9. The van der Waals surface area contributed by atoms with E-state index in [-0.39, 0.29) is 11.3 Å². The first-order valence-corrected chi connectivity index (χ1v) is 10.3. The Morgan fingerprint density at radius 2 is 1.80 bits per heavy atom. The van der Waals surface area contributed by atoms with Crippen LogP contribution in [-0.2, 0) is 4.74 Å². The molecule has 3 rings (SSSR count). The van der Waals surface area contributed by atoms with E-state index < -0.39 is 6.09 Å². The van der Waals surface area contributed by atoms with Crippen molar-refractivity contribution in [2.75, 3.05) is 38.8 Å². The highest BCUT2D eigenvalue weighted by molar-refractivity contribution is 5.92. The van der Waals surface area contributed by atoms with Crippen molar-refractivity contribution >= 4 is 22.8 Å². The third-order valence-electron chi connectivity index (χ3n) is 6.05. The van der Waals surface area contributed by atoms with Gasteiger partial charge < -0.3 is 24.8 Å². The number of hydrogen-bond donors (Lipinski definition) is 1. The zero-order valence-electron chi connectivity index (χ0n) is 18.5. The van der Waals surface area contributed by atoms with Gasteiger partial charge in [-0.25, -0.2) is 14.8 Å². The Labute approximate surface area is 177 Å². The minimum Gasteiger partial charge on any atom is -0.493 e. The van der Waals surface area contributed by atoms with Crippen LogP contribution in [0, 0.1) is 17.3 Å². The number of carbonyl (C=O) groups is 1. The molecule has 2 N–H and O–H groups in total. The number of nitrogens with zero attached hydrogens (tertiary/aromatic N) is 3. The summed E-state index contributed by atoms with van der Waals surface area (Å²) >= 11 is 0. The van der Waals surface area contributed by atoms with Gasteiger partial charge in [0.1, 0.15) is 12.1 Å². The van der Waals surface area contributed by atoms with Crippen molar-refractivity contribution in [2.45, 2.75) is 33.6 Å². The summed E-state index contributed by atoms with van der Waals surface area (Å²) < 4.78 is 16.0. The minimum absolute atomic E-state index is 0.0216. The van der Waals surface area contributed by atoms with Gasteiger partial charge in [0.15, 0.2) is 11.5 Å². The van der Waals surface area contributed by atoms with E-state index in [1.165, 1.54) is 0 Å². The number of hydrogen-bond acceptors (Lipinski definition) is 7. The fraction of sp³-hybridized carbons (Fsp3) is 0.591. The van der Waals surface area contributed by atoms with E-state index >= 15 is 0 Å². The molecule has 0 saturated carbocycles. The smallest absolute Gasteiger partial charge is 0.404 e. The second-order valence-electron chi connectivity index (χ2n) is 8.85. The number of ether oxygens (including phenoxy) is 3. The van der Waals surface area contributed by atoms with E-state index in [2.05, 4.69) is 35.6 Å². The fourth-order valence-electron chi connectivity index (χ4n) is 4.40. The molecule has 8 nitrogen and oxygen atoms in total. The van der Waals surface area contributed by atoms with Crippen LogP contribution in [0.2, 0.25) is 0 Å². The van der Waals surface area contributed by atoms with Gasteiger partial charge in [-0.2, -0.15) is 0 Å². The summed E-state index contributed by atoms with van der Waals surface area (Å²) in [5.41, 5.74) is 6.05. The third kappa shape index (κ3) is 4.68. The molecule has 0 radical (unpaired) electrons. The van der Waals surface area contributed by atoms with Gasteiger partial charge in [0.25, 0.3) is 0 Å². The predicted molar refractivity (Wildman–Crippen MR) is 116 cm³/mol. The molecule has 1 aromatic heterocycles. The predicted octanol–water partition coefficient (Wildman–Crippen LogP) is 3.62. The average molecular weight is 417 g/mol. The molecule has 0 aliphatic carbocycles. The number of nitrogens with two attached hydrogens (primary N) is 1. The van der Waals surface area contributed by atoms with Crippen molar-refractivity contribution < 1.29 is 19.0 Å². The summed E-state index contributed by atoms with van der Waals surface area (Å²) in [5, 5.41) is 0.943. The molecular formula is C22H32N4O4. The van der Waals surface area contributed by atoms with Gasteiger partial charge >= 0.3 is 6.09 Å². The van der Waals surface area contributed by atoms with Gasteiger partial charge in [-0.15, -0.1) is 0 Å². The molecule has 1 amide bonds. The lowest BCUT2D eigenvalue weighted by Crippen LogP contribution is -2.42. The van der Waals surface area contributed by atoms with Crippen LogP contribution in [0.25, 0.3) is 10.9 Å². The van der Waals surface area contributed by atoms with Crippen LogP contribution in [-0.4, -0.2) is 50.0 Å². The maximum atomic E-state index is 11.1. The zero-order valence-corrected chi connectivity index (χ0v) is 18.5. The standard InChI is InChI=1S/C22H32N4O4/c1-22(2,3)16(12-30-21(23)27)14-6-8-26(9-7-14)20-15-10-18(28-4)19(29-5)11-17(15)24-13-25-20/h10-11,13-14,16H,6-9,12H2,1-5H3,(H2,23,27). The summed E-state index contributed by atoms with van der Waals surface area (Å²) in [4.78, 5) is 22.4. The normalized spacial score (nSPS) is 16.4. The van der Waals surface area contributed by atoms with Crippen molar-refractivity contribution in [3.63, 3.8) is 0 Å². The van der Waals surface area contributed by atoms with Crippen LogP contribution in [0.15, 0.2) is 18.5 Å². The number of piperidine rings is 1. The summed E-state index contributed by atoms with van der Waals surface area (Å²) in [6, 6.07) is 3.82. The Morgan fingerprint density at radius 3 is 2.37 bits per heavy atom. The van der Waals surface area contributed by atoms with Crippen LogP contribution in [0.1, 0.15) is 33.6 Å². The first-order chi connectivity index (χ1) is 14.2. The molecule has 0 spiro atoms. The number of anilines is 1. The Kier molecular flexibility index (Phi) is 6.53. The summed E-state index contributed by atoms with van der Waals surface area (Å²) in [6.07, 6.45) is 2.86. The molecule has 1 aliphatic heterocycles. The number of methoxy groups -OCH3 is 2.